The fourth-order valence-corrected chi connectivity index (χ4v) is 1.67. The maximum absolute atomic E-state index is 5.32. The first-order valence-electron chi connectivity index (χ1n) is 5.34. The first-order chi connectivity index (χ1) is 7.69. The van der Waals surface area contributed by atoms with Crippen LogP contribution in [0, 0.1) is 0 Å². The summed E-state index contributed by atoms with van der Waals surface area (Å²) in [4.78, 5) is 2.14. The molecule has 1 N–H and O–H groups in total. The molecule has 0 fully saturated rings. The first kappa shape index (κ1) is 12.6. The second-order valence-electron chi connectivity index (χ2n) is 3.81. The number of nitrogens with one attached hydrogen (secondary N) is 1. The highest BCUT2D eigenvalue weighted by atomic mass is 16.5. The summed E-state index contributed by atoms with van der Waals surface area (Å²) in [5.41, 5.74) is 2.23. The third-order valence-electron chi connectivity index (χ3n) is 2.38. The van der Waals surface area contributed by atoms with Gasteiger partial charge < -0.3 is 15.0 Å². The van der Waals surface area contributed by atoms with Gasteiger partial charge in [0.1, 0.15) is 5.75 Å². The molecule has 88 valence electrons. The Balaban J connectivity index is 2.72. The minimum Gasteiger partial charge on any atom is -0.495 e. The van der Waals surface area contributed by atoms with Crippen molar-refractivity contribution in [2.45, 2.75) is 0 Å². The predicted octanol–water partition coefficient (Wildman–Crippen LogP) is 1.91. The highest BCUT2D eigenvalue weighted by Crippen LogP contribution is 2.26. The summed E-state index contributed by atoms with van der Waals surface area (Å²) in [5, 5.41) is 3.10. The molecule has 0 heterocycles. The molecule has 0 saturated carbocycles. The maximum Gasteiger partial charge on any atom is 0.142 e. The minimum absolute atomic E-state index is 0.821. The second-order valence-corrected chi connectivity index (χ2v) is 3.81. The average molecular weight is 220 g/mol. The van der Waals surface area contributed by atoms with Crippen molar-refractivity contribution in [3.8, 4) is 5.75 Å². The van der Waals surface area contributed by atoms with Crippen molar-refractivity contribution >= 4 is 5.69 Å². The van der Waals surface area contributed by atoms with Gasteiger partial charge in [-0.1, -0.05) is 18.7 Å². The van der Waals surface area contributed by atoms with E-state index in [2.05, 4.69) is 16.8 Å². The van der Waals surface area contributed by atoms with Gasteiger partial charge in [0, 0.05) is 20.1 Å². The summed E-state index contributed by atoms with van der Waals surface area (Å²) in [5.74, 6) is 0.891. The third kappa shape index (κ3) is 3.28. The van der Waals surface area contributed by atoms with Gasteiger partial charge in [0.2, 0.25) is 0 Å². The van der Waals surface area contributed by atoms with Gasteiger partial charge in [0.15, 0.2) is 0 Å². The van der Waals surface area contributed by atoms with E-state index in [-0.39, 0.29) is 0 Å². The molecule has 0 spiro atoms. The van der Waals surface area contributed by atoms with Crippen molar-refractivity contribution in [1.82, 2.24) is 5.32 Å². The van der Waals surface area contributed by atoms with E-state index in [0.29, 0.717) is 0 Å². The number of anilines is 1. The Hall–Kier alpha value is -1.48. The molecule has 0 unspecified atom stereocenters. The van der Waals surface area contributed by atoms with Gasteiger partial charge in [-0.05, 0) is 24.8 Å². The van der Waals surface area contributed by atoms with Crippen molar-refractivity contribution in [1.29, 1.82) is 0 Å². The lowest BCUT2D eigenvalue weighted by Gasteiger charge is -2.22. The molecule has 3 nitrogen and oxygen atoms in total. The lowest BCUT2D eigenvalue weighted by Crippen LogP contribution is -2.24. The van der Waals surface area contributed by atoms with Gasteiger partial charge in [0.05, 0.1) is 12.8 Å². The van der Waals surface area contributed by atoms with Gasteiger partial charge in [0.25, 0.3) is 0 Å². The van der Waals surface area contributed by atoms with Gasteiger partial charge in [-0.15, -0.1) is 0 Å². The van der Waals surface area contributed by atoms with E-state index in [9.17, 15) is 0 Å². The van der Waals surface area contributed by atoms with E-state index in [4.69, 9.17) is 4.74 Å². The molecule has 0 atom stereocenters. The van der Waals surface area contributed by atoms with Crippen LogP contribution in [0.25, 0.3) is 0 Å². The molecule has 0 bridgehead atoms. The van der Waals surface area contributed by atoms with Crippen LogP contribution in [-0.4, -0.2) is 34.3 Å². The van der Waals surface area contributed by atoms with Crippen LogP contribution in [0.5, 0.6) is 5.75 Å². The minimum atomic E-state index is 0.821. The number of rotatable bonds is 6. The first-order valence-corrected chi connectivity index (χ1v) is 5.34. The Labute approximate surface area is 97.7 Å². The molecule has 0 aliphatic carbocycles. The van der Waals surface area contributed by atoms with Crippen LogP contribution < -0.4 is 15.0 Å². The number of ether oxygens (including phenoxy) is 1. The fraction of sp³-hybridized carbons (Fsp3) is 0.385. The van der Waals surface area contributed by atoms with E-state index in [1.807, 2.05) is 38.4 Å². The molecule has 0 aromatic heterocycles. The Morgan fingerprint density at radius 3 is 2.75 bits per heavy atom. The number of benzene rings is 1. The maximum atomic E-state index is 5.32. The molecule has 3 heteroatoms. The van der Waals surface area contributed by atoms with Crippen molar-refractivity contribution in [2.75, 3.05) is 39.2 Å². The van der Waals surface area contributed by atoms with E-state index >= 15 is 0 Å². The zero-order valence-corrected chi connectivity index (χ0v) is 10.3. The predicted molar refractivity (Wildman–Crippen MR) is 69.3 cm³/mol. The zero-order chi connectivity index (χ0) is 12.0. The molecule has 1 aromatic carbocycles. The summed E-state index contributed by atoms with van der Waals surface area (Å²) in [6, 6.07) is 7.99. The van der Waals surface area contributed by atoms with Crippen LogP contribution in [0.4, 0.5) is 5.69 Å². The number of methoxy groups -OCH3 is 1. The quantitative estimate of drug-likeness (QED) is 0.741. The summed E-state index contributed by atoms with van der Waals surface area (Å²) in [6.45, 7) is 5.67. The number of hydrogen-bond acceptors (Lipinski definition) is 3. The lowest BCUT2D eigenvalue weighted by molar-refractivity contribution is 0.415. The van der Waals surface area contributed by atoms with Crippen LogP contribution in [0.15, 0.2) is 36.4 Å². The summed E-state index contributed by atoms with van der Waals surface area (Å²) in [7, 11) is 5.65. The number of nitrogens with zero attached hydrogens (tertiary/aromatic N) is 1. The molecule has 0 saturated heterocycles. The highest BCUT2D eigenvalue weighted by Gasteiger charge is 2.07. The Morgan fingerprint density at radius 1 is 1.44 bits per heavy atom. The van der Waals surface area contributed by atoms with Gasteiger partial charge in [-0.3, -0.25) is 0 Å². The van der Waals surface area contributed by atoms with Crippen LogP contribution in [0.1, 0.15) is 0 Å². The van der Waals surface area contributed by atoms with Gasteiger partial charge in [-0.25, -0.2) is 0 Å². The van der Waals surface area contributed by atoms with Crippen molar-refractivity contribution in [3.63, 3.8) is 0 Å². The largest absolute Gasteiger partial charge is 0.495 e. The summed E-state index contributed by atoms with van der Waals surface area (Å²) < 4.78 is 5.32. The summed E-state index contributed by atoms with van der Waals surface area (Å²) >= 11 is 0. The molecule has 16 heavy (non-hydrogen) atoms. The Bertz CT molecular complexity index is 350. The summed E-state index contributed by atoms with van der Waals surface area (Å²) in [6.07, 6.45) is 0. The van der Waals surface area contributed by atoms with Crippen molar-refractivity contribution < 1.29 is 4.74 Å². The zero-order valence-electron chi connectivity index (χ0n) is 10.3. The van der Waals surface area contributed by atoms with Crippen LogP contribution in [-0.2, 0) is 0 Å². The molecule has 0 aliphatic rings. The Morgan fingerprint density at radius 2 is 2.12 bits per heavy atom. The van der Waals surface area contributed by atoms with Crippen molar-refractivity contribution in [3.05, 3.63) is 36.4 Å². The van der Waals surface area contributed by atoms with E-state index in [1.165, 1.54) is 0 Å². The van der Waals surface area contributed by atoms with E-state index < -0.39 is 0 Å². The number of likely N-dealkylation sites (N-methyl/N-ethyl adjacent to an activating group) is 2. The normalized spacial score (nSPS) is 9.94. The smallest absolute Gasteiger partial charge is 0.142 e. The molecule has 0 aliphatic heterocycles. The SMILES string of the molecule is C=C(CNC)CN(C)c1ccccc1OC. The van der Waals surface area contributed by atoms with Crippen LogP contribution in [0.3, 0.4) is 0 Å². The highest BCUT2D eigenvalue weighted by molar-refractivity contribution is 5.58. The van der Waals surface area contributed by atoms with Gasteiger partial charge in [-0.2, -0.15) is 0 Å². The average Bonchev–Trinajstić information content (AvgIpc) is 2.29. The fourth-order valence-electron chi connectivity index (χ4n) is 1.67. The molecule has 0 amide bonds. The van der Waals surface area contributed by atoms with E-state index in [0.717, 1.165) is 30.1 Å². The number of hydrogen-bond donors (Lipinski definition) is 1. The molecule has 1 aromatic rings. The molecule has 1 rings (SSSR count). The number of para-hydroxylation sites is 2. The topological polar surface area (TPSA) is 24.5 Å². The molecule has 0 radical (unpaired) electrons. The Kier molecular flexibility index (Phi) is 4.86. The van der Waals surface area contributed by atoms with Crippen LogP contribution in [0.2, 0.25) is 0 Å². The molecular weight excluding hydrogens is 200 g/mol. The third-order valence-corrected chi connectivity index (χ3v) is 2.38. The van der Waals surface area contributed by atoms with Gasteiger partial charge >= 0.3 is 0 Å². The van der Waals surface area contributed by atoms with Crippen molar-refractivity contribution in [2.24, 2.45) is 0 Å². The monoisotopic (exact) mass is 220 g/mol. The van der Waals surface area contributed by atoms with Crippen LogP contribution >= 0.6 is 0 Å². The molecular formula is C13H20N2O. The lowest BCUT2D eigenvalue weighted by atomic mass is 10.2. The second kappa shape index (κ2) is 6.18. The standard InChI is InChI=1S/C13H20N2O/c1-11(9-14-2)10-15(3)12-7-5-6-8-13(12)16-4/h5-8,14H,1,9-10H2,2-4H3. The van der Waals surface area contributed by atoms with E-state index in [1.54, 1.807) is 7.11 Å².